The van der Waals surface area contributed by atoms with E-state index in [-0.39, 0.29) is 0 Å². The summed E-state index contributed by atoms with van der Waals surface area (Å²) in [5.41, 5.74) is 19.4. The minimum atomic E-state index is 0.384. The average Bonchev–Trinajstić information content (AvgIpc) is 3.08. The molecule has 1 saturated carbocycles. The minimum Gasteiger partial charge on any atom is -0.383 e. The van der Waals surface area contributed by atoms with Crippen LogP contribution in [0.15, 0.2) is 131 Å². The van der Waals surface area contributed by atoms with E-state index >= 15 is 0 Å². The van der Waals surface area contributed by atoms with Gasteiger partial charge in [0.25, 0.3) is 0 Å². The molecule has 4 aromatic carbocycles. The van der Waals surface area contributed by atoms with Gasteiger partial charge >= 0.3 is 0 Å². The average molecular weight is 603 g/mol. The molecule has 6 rings (SSSR count). The van der Waals surface area contributed by atoms with Gasteiger partial charge in [-0.3, -0.25) is 4.98 Å². The first-order valence-corrected chi connectivity index (χ1v) is 16.3. The van der Waals surface area contributed by atoms with Gasteiger partial charge in [0.15, 0.2) is 5.84 Å². The Bertz CT molecular complexity index is 1910. The predicted octanol–water partition coefficient (Wildman–Crippen LogP) is 10.3. The van der Waals surface area contributed by atoms with Gasteiger partial charge in [-0.05, 0) is 85.2 Å². The molecule has 1 aliphatic rings. The summed E-state index contributed by atoms with van der Waals surface area (Å²) in [4.78, 5) is 14.6. The molecule has 1 aliphatic carbocycles. The Hall–Kier alpha value is -5.09. The highest BCUT2D eigenvalue weighted by Gasteiger charge is 2.18. The Morgan fingerprint density at radius 2 is 1.35 bits per heavy atom. The lowest BCUT2D eigenvalue weighted by Crippen LogP contribution is -2.18. The number of hydrogen-bond donors (Lipinski definition) is 1. The predicted molar refractivity (Wildman–Crippen MR) is 194 cm³/mol. The molecule has 0 unspecified atom stereocenters. The fraction of sp³-hybridized carbons (Fsp3) is 0.214. The molecule has 0 atom stereocenters. The van der Waals surface area contributed by atoms with Crippen molar-refractivity contribution in [3.05, 3.63) is 150 Å². The first-order valence-electron chi connectivity index (χ1n) is 16.3. The third kappa shape index (κ3) is 7.07. The van der Waals surface area contributed by atoms with Gasteiger partial charge in [0.2, 0.25) is 0 Å². The molecule has 1 heterocycles. The number of amidine groups is 2. The number of nitrogens with two attached hydrogens (primary N) is 1. The van der Waals surface area contributed by atoms with Crippen LogP contribution in [0.25, 0.3) is 33.4 Å². The van der Waals surface area contributed by atoms with E-state index in [9.17, 15) is 0 Å². The summed E-state index contributed by atoms with van der Waals surface area (Å²) in [7, 11) is 0. The maximum atomic E-state index is 6.69. The van der Waals surface area contributed by atoms with Crippen molar-refractivity contribution >= 4 is 11.7 Å². The highest BCUT2D eigenvalue weighted by atomic mass is 15.0. The van der Waals surface area contributed by atoms with Crippen LogP contribution >= 0.6 is 0 Å². The topological polar surface area (TPSA) is 63.6 Å². The summed E-state index contributed by atoms with van der Waals surface area (Å²) in [6.45, 7) is 10.5. The monoisotopic (exact) mass is 602 g/mol. The second-order valence-corrected chi connectivity index (χ2v) is 12.4. The van der Waals surface area contributed by atoms with Crippen molar-refractivity contribution in [2.24, 2.45) is 21.6 Å². The van der Waals surface area contributed by atoms with Crippen LogP contribution in [0, 0.1) is 26.7 Å². The smallest absolute Gasteiger partial charge is 0.163 e. The summed E-state index contributed by atoms with van der Waals surface area (Å²) in [5.74, 6) is 1.37. The fourth-order valence-electron chi connectivity index (χ4n) is 6.39. The van der Waals surface area contributed by atoms with E-state index in [0.29, 0.717) is 17.6 Å². The Morgan fingerprint density at radius 1 is 0.674 bits per heavy atom. The summed E-state index contributed by atoms with van der Waals surface area (Å²) in [6.07, 6.45) is 5.97. The Labute approximate surface area is 273 Å². The fourth-order valence-corrected chi connectivity index (χ4v) is 6.39. The number of nitrogens with zero attached hydrogens (tertiary/aromatic N) is 3. The van der Waals surface area contributed by atoms with Crippen LogP contribution in [0.1, 0.15) is 60.2 Å². The van der Waals surface area contributed by atoms with E-state index in [2.05, 4.69) is 103 Å². The van der Waals surface area contributed by atoms with Crippen LogP contribution in [-0.2, 0) is 0 Å². The summed E-state index contributed by atoms with van der Waals surface area (Å²) in [5, 5.41) is 0. The van der Waals surface area contributed by atoms with Crippen molar-refractivity contribution in [1.82, 2.24) is 4.98 Å². The highest BCUT2D eigenvalue weighted by molar-refractivity contribution is 6.11. The number of aryl methyl sites for hydroxylation is 3. The molecule has 0 spiro atoms. The second-order valence-electron chi connectivity index (χ2n) is 12.4. The molecule has 5 aromatic rings. The van der Waals surface area contributed by atoms with Gasteiger partial charge in [-0.1, -0.05) is 122 Å². The van der Waals surface area contributed by atoms with Crippen molar-refractivity contribution in [3.63, 3.8) is 0 Å². The minimum absolute atomic E-state index is 0.384. The normalized spacial score (nSPS) is 14.3. The van der Waals surface area contributed by atoms with Crippen molar-refractivity contribution in [1.29, 1.82) is 0 Å². The maximum Gasteiger partial charge on any atom is 0.163 e. The molecule has 2 N–H and O–H groups in total. The van der Waals surface area contributed by atoms with E-state index in [1.54, 1.807) is 0 Å². The largest absolute Gasteiger partial charge is 0.383 e. The number of pyridine rings is 1. The third-order valence-electron chi connectivity index (χ3n) is 8.97. The summed E-state index contributed by atoms with van der Waals surface area (Å²) in [6, 6.07) is 38.3. The lowest BCUT2D eigenvalue weighted by molar-refractivity contribution is 0.401. The highest BCUT2D eigenvalue weighted by Crippen LogP contribution is 2.36. The van der Waals surface area contributed by atoms with Crippen LogP contribution in [-0.4, -0.2) is 16.7 Å². The molecular formula is C42H42N4. The number of rotatable bonds is 7. The molecule has 46 heavy (non-hydrogen) atoms. The standard InChI is InChI=1S/C42H42N4/c1-28-12-11-17-36(26-28)37-23-25-39(40(27-37)33-15-9-6-10-16-33)34-19-21-35(22-20-34)41(43)46-42(38-24-18-29(2)44-31(38)4)45-30(3)32-13-7-5-8-14-32/h6,9-12,15-27,32H,3,5,7-8,13-14H2,1-2,4H3,(H2,43,45,46). The van der Waals surface area contributed by atoms with E-state index in [4.69, 9.17) is 15.7 Å². The van der Waals surface area contributed by atoms with E-state index in [1.165, 1.54) is 47.1 Å². The molecule has 4 heteroatoms. The molecular weight excluding hydrogens is 560 g/mol. The van der Waals surface area contributed by atoms with Gasteiger partial charge in [0.1, 0.15) is 5.84 Å². The molecule has 0 radical (unpaired) electrons. The quantitative estimate of drug-likeness (QED) is 0.149. The van der Waals surface area contributed by atoms with Crippen LogP contribution in [0.4, 0.5) is 0 Å². The van der Waals surface area contributed by atoms with Gasteiger partial charge in [-0.15, -0.1) is 0 Å². The zero-order chi connectivity index (χ0) is 32.0. The first kappa shape index (κ1) is 30.9. The molecule has 0 bridgehead atoms. The van der Waals surface area contributed by atoms with Crippen molar-refractivity contribution in [3.8, 4) is 33.4 Å². The number of allylic oxidation sites excluding steroid dienone is 1. The molecule has 0 aliphatic heterocycles. The first-order chi connectivity index (χ1) is 22.4. The molecule has 0 amide bonds. The van der Waals surface area contributed by atoms with Gasteiger partial charge < -0.3 is 5.73 Å². The number of aromatic nitrogens is 1. The molecule has 230 valence electrons. The lowest BCUT2D eigenvalue weighted by Gasteiger charge is -2.21. The van der Waals surface area contributed by atoms with Crippen molar-refractivity contribution in [2.75, 3.05) is 0 Å². The van der Waals surface area contributed by atoms with Gasteiger partial charge in [0, 0.05) is 34.1 Å². The van der Waals surface area contributed by atoms with E-state index in [1.807, 2.05) is 38.1 Å². The summed E-state index contributed by atoms with van der Waals surface area (Å²) >= 11 is 0. The number of aliphatic imine (C=N–C) groups is 2. The van der Waals surface area contributed by atoms with Crippen LogP contribution in [0.3, 0.4) is 0 Å². The van der Waals surface area contributed by atoms with Crippen LogP contribution in [0.2, 0.25) is 0 Å². The van der Waals surface area contributed by atoms with Gasteiger partial charge in [-0.2, -0.15) is 0 Å². The van der Waals surface area contributed by atoms with Crippen molar-refractivity contribution < 1.29 is 0 Å². The van der Waals surface area contributed by atoms with Gasteiger partial charge in [-0.25, -0.2) is 9.98 Å². The zero-order valence-corrected chi connectivity index (χ0v) is 27.1. The SMILES string of the molecule is C=C(/N=C(\N=C(/N)c1ccc(-c2ccc(-c3cccc(C)c3)cc2-c2ccccc2)cc1)c1ccc(C)nc1C)C1CCCCC1. The number of benzene rings is 4. The third-order valence-corrected chi connectivity index (χ3v) is 8.97. The molecule has 1 fully saturated rings. The lowest BCUT2D eigenvalue weighted by atomic mass is 9.87. The Morgan fingerprint density at radius 3 is 2.07 bits per heavy atom. The van der Waals surface area contributed by atoms with Crippen molar-refractivity contribution in [2.45, 2.75) is 52.9 Å². The molecule has 1 aromatic heterocycles. The van der Waals surface area contributed by atoms with E-state index in [0.717, 1.165) is 52.2 Å². The molecule has 0 saturated heterocycles. The Kier molecular flexibility index (Phi) is 9.35. The summed E-state index contributed by atoms with van der Waals surface area (Å²) < 4.78 is 0. The Balaban J connectivity index is 1.35. The number of hydrogen-bond acceptors (Lipinski definition) is 2. The van der Waals surface area contributed by atoms with Crippen LogP contribution < -0.4 is 5.73 Å². The maximum absolute atomic E-state index is 6.69. The van der Waals surface area contributed by atoms with E-state index < -0.39 is 0 Å². The second kappa shape index (κ2) is 13.9. The van der Waals surface area contributed by atoms with Gasteiger partial charge in [0.05, 0.1) is 0 Å². The molecule has 4 nitrogen and oxygen atoms in total. The van der Waals surface area contributed by atoms with Crippen LogP contribution in [0.5, 0.6) is 0 Å². The zero-order valence-electron chi connectivity index (χ0n) is 27.1.